The molecule has 0 spiro atoms. The summed E-state index contributed by atoms with van der Waals surface area (Å²) in [6.07, 6.45) is 4.42. The van der Waals surface area contributed by atoms with Crippen molar-refractivity contribution < 1.29 is 5.11 Å². The monoisotopic (exact) mass is 236 g/mol. The number of hydrogen-bond acceptors (Lipinski definition) is 1. The molecule has 12 heavy (non-hydrogen) atoms. The Labute approximate surface area is 84.7 Å². The molecule has 0 saturated carbocycles. The minimum atomic E-state index is -0.487. The van der Waals surface area contributed by atoms with Crippen LogP contribution in [0.3, 0.4) is 0 Å². The molecule has 0 amide bonds. The molecule has 0 aliphatic heterocycles. The predicted molar refractivity (Wildman–Crippen MR) is 57.7 cm³/mol. The van der Waals surface area contributed by atoms with Gasteiger partial charge in [-0.15, -0.1) is 0 Å². The highest BCUT2D eigenvalue weighted by Gasteiger charge is 2.26. The maximum absolute atomic E-state index is 9.98. The molecule has 1 nitrogen and oxygen atoms in total. The van der Waals surface area contributed by atoms with Crippen molar-refractivity contribution in [3.8, 4) is 0 Å². The molecule has 0 aromatic heterocycles. The van der Waals surface area contributed by atoms with Crippen LogP contribution in [0.2, 0.25) is 0 Å². The zero-order valence-electron chi connectivity index (χ0n) is 8.44. The summed E-state index contributed by atoms with van der Waals surface area (Å²) in [5.74, 6) is 0.412. The molecule has 0 aliphatic carbocycles. The number of hydrogen-bond donors (Lipinski definition) is 1. The van der Waals surface area contributed by atoms with Crippen molar-refractivity contribution in [3.05, 3.63) is 0 Å². The van der Waals surface area contributed by atoms with Gasteiger partial charge in [-0.25, -0.2) is 0 Å². The van der Waals surface area contributed by atoms with Gasteiger partial charge in [0.05, 0.1) is 5.60 Å². The van der Waals surface area contributed by atoms with E-state index in [2.05, 4.69) is 29.8 Å². The summed E-state index contributed by atoms with van der Waals surface area (Å²) in [4.78, 5) is 0. The van der Waals surface area contributed by atoms with Gasteiger partial charge >= 0.3 is 0 Å². The summed E-state index contributed by atoms with van der Waals surface area (Å²) in [6, 6.07) is 0. The highest BCUT2D eigenvalue weighted by Crippen LogP contribution is 2.25. The van der Waals surface area contributed by atoms with Gasteiger partial charge in [-0.2, -0.15) is 0 Å². The molecule has 2 unspecified atom stereocenters. The Morgan fingerprint density at radius 2 is 2.08 bits per heavy atom. The first-order chi connectivity index (χ1) is 5.54. The molecule has 74 valence electrons. The molecule has 0 radical (unpaired) electrons. The van der Waals surface area contributed by atoms with E-state index in [0.29, 0.717) is 5.92 Å². The van der Waals surface area contributed by atoms with Crippen LogP contribution in [0.5, 0.6) is 0 Å². The minimum Gasteiger partial charge on any atom is -0.390 e. The van der Waals surface area contributed by atoms with Gasteiger partial charge in [-0.1, -0.05) is 42.6 Å². The smallest absolute Gasteiger partial charge is 0.0653 e. The first-order valence-corrected chi connectivity index (χ1v) is 5.95. The average molecular weight is 237 g/mol. The largest absolute Gasteiger partial charge is 0.390 e. The number of rotatable bonds is 6. The lowest BCUT2D eigenvalue weighted by Crippen LogP contribution is -2.33. The van der Waals surface area contributed by atoms with Gasteiger partial charge < -0.3 is 5.11 Å². The van der Waals surface area contributed by atoms with Crippen LogP contribution in [0.4, 0.5) is 0 Å². The van der Waals surface area contributed by atoms with Gasteiger partial charge in [0.2, 0.25) is 0 Å². The average Bonchev–Trinajstić information content (AvgIpc) is 2.00. The summed E-state index contributed by atoms with van der Waals surface area (Å²) in [5, 5.41) is 10.9. The fraction of sp³-hybridized carbons (Fsp3) is 1.00. The second-order valence-electron chi connectivity index (χ2n) is 3.84. The first kappa shape index (κ1) is 12.4. The third-order valence-electron chi connectivity index (χ3n) is 2.65. The number of unbranched alkanes of at least 4 members (excludes halogenated alkanes) is 1. The Hall–Kier alpha value is 0.440. The Morgan fingerprint density at radius 1 is 1.50 bits per heavy atom. The van der Waals surface area contributed by atoms with Crippen molar-refractivity contribution >= 4 is 15.9 Å². The van der Waals surface area contributed by atoms with Gasteiger partial charge in [-0.05, 0) is 25.7 Å². The van der Waals surface area contributed by atoms with E-state index >= 15 is 0 Å². The van der Waals surface area contributed by atoms with Gasteiger partial charge in [0.1, 0.15) is 0 Å². The molecule has 0 fully saturated rings. The third kappa shape index (κ3) is 4.46. The van der Waals surface area contributed by atoms with E-state index < -0.39 is 5.60 Å². The molecule has 0 rings (SSSR count). The van der Waals surface area contributed by atoms with E-state index in [1.54, 1.807) is 0 Å². The normalized spacial score (nSPS) is 18.8. The highest BCUT2D eigenvalue weighted by molar-refractivity contribution is 9.09. The van der Waals surface area contributed by atoms with Crippen molar-refractivity contribution in [3.63, 3.8) is 0 Å². The summed E-state index contributed by atoms with van der Waals surface area (Å²) in [7, 11) is 0. The molecule has 0 aliphatic rings. The number of halogens is 1. The Morgan fingerprint density at radius 3 is 2.50 bits per heavy atom. The third-order valence-corrected chi connectivity index (χ3v) is 3.05. The molecule has 0 bridgehead atoms. The summed E-state index contributed by atoms with van der Waals surface area (Å²) in [6.45, 7) is 6.26. The maximum atomic E-state index is 9.98. The summed E-state index contributed by atoms with van der Waals surface area (Å²) in [5.41, 5.74) is -0.487. The standard InChI is InChI=1S/C10H21BrO/c1-4-5-6-9(2)10(3,12)7-8-11/h9,12H,4-8H2,1-3H3. The van der Waals surface area contributed by atoms with E-state index in [0.717, 1.165) is 18.2 Å². The van der Waals surface area contributed by atoms with E-state index in [-0.39, 0.29) is 0 Å². The molecule has 0 aromatic carbocycles. The zero-order valence-corrected chi connectivity index (χ0v) is 10.0. The lowest BCUT2D eigenvalue weighted by molar-refractivity contribution is 0.00000743. The molecular weight excluding hydrogens is 216 g/mol. The minimum absolute atomic E-state index is 0.412. The number of alkyl halides is 1. The van der Waals surface area contributed by atoms with E-state index in [9.17, 15) is 5.11 Å². The van der Waals surface area contributed by atoms with Crippen molar-refractivity contribution in [1.82, 2.24) is 0 Å². The maximum Gasteiger partial charge on any atom is 0.0653 e. The van der Waals surface area contributed by atoms with Crippen LogP contribution in [0, 0.1) is 5.92 Å². The number of aliphatic hydroxyl groups is 1. The van der Waals surface area contributed by atoms with Crippen LogP contribution in [0.25, 0.3) is 0 Å². The van der Waals surface area contributed by atoms with Gasteiger partial charge in [-0.3, -0.25) is 0 Å². The fourth-order valence-corrected chi connectivity index (χ4v) is 2.06. The van der Waals surface area contributed by atoms with Gasteiger partial charge in [0, 0.05) is 5.33 Å². The zero-order chi connectivity index (χ0) is 9.61. The second kappa shape index (κ2) is 5.98. The van der Waals surface area contributed by atoms with Crippen molar-refractivity contribution in [1.29, 1.82) is 0 Å². The van der Waals surface area contributed by atoms with Crippen molar-refractivity contribution in [2.75, 3.05) is 5.33 Å². The molecule has 1 N–H and O–H groups in total. The van der Waals surface area contributed by atoms with Crippen molar-refractivity contribution in [2.24, 2.45) is 5.92 Å². The van der Waals surface area contributed by atoms with E-state index in [1.807, 2.05) is 6.92 Å². The first-order valence-electron chi connectivity index (χ1n) is 4.83. The second-order valence-corrected chi connectivity index (χ2v) is 4.63. The van der Waals surface area contributed by atoms with E-state index in [4.69, 9.17) is 0 Å². The molecular formula is C10H21BrO. The lowest BCUT2D eigenvalue weighted by Gasteiger charge is -2.29. The quantitative estimate of drug-likeness (QED) is 0.702. The van der Waals surface area contributed by atoms with E-state index in [1.165, 1.54) is 12.8 Å². The molecule has 0 aromatic rings. The van der Waals surface area contributed by atoms with Crippen LogP contribution < -0.4 is 0 Å². The van der Waals surface area contributed by atoms with Gasteiger partial charge in [0.15, 0.2) is 0 Å². The Bertz CT molecular complexity index is 112. The molecule has 0 saturated heterocycles. The topological polar surface area (TPSA) is 20.2 Å². The molecule has 2 heteroatoms. The Kier molecular flexibility index (Phi) is 6.20. The van der Waals surface area contributed by atoms with Crippen LogP contribution in [0.1, 0.15) is 46.5 Å². The van der Waals surface area contributed by atoms with Crippen LogP contribution >= 0.6 is 15.9 Å². The lowest BCUT2D eigenvalue weighted by atomic mass is 9.85. The predicted octanol–water partition coefficient (Wildman–Crippen LogP) is 3.35. The molecule has 0 heterocycles. The van der Waals surface area contributed by atoms with Crippen LogP contribution in [0.15, 0.2) is 0 Å². The van der Waals surface area contributed by atoms with Crippen LogP contribution in [-0.2, 0) is 0 Å². The fourth-order valence-electron chi connectivity index (χ4n) is 1.26. The highest BCUT2D eigenvalue weighted by atomic mass is 79.9. The summed E-state index contributed by atoms with van der Waals surface area (Å²) >= 11 is 3.36. The van der Waals surface area contributed by atoms with Gasteiger partial charge in [0.25, 0.3) is 0 Å². The SMILES string of the molecule is CCCCC(C)C(C)(O)CCBr. The molecule has 2 atom stereocenters. The Balaban J connectivity index is 3.79. The summed E-state index contributed by atoms with van der Waals surface area (Å²) < 4.78 is 0. The van der Waals surface area contributed by atoms with Crippen molar-refractivity contribution in [2.45, 2.75) is 52.1 Å². The van der Waals surface area contributed by atoms with Crippen LogP contribution in [-0.4, -0.2) is 16.0 Å².